The summed E-state index contributed by atoms with van der Waals surface area (Å²) in [5, 5.41) is 0.868. The fourth-order valence-corrected chi connectivity index (χ4v) is 4.22. The van der Waals surface area contributed by atoms with Gasteiger partial charge in [0.25, 0.3) is 0 Å². The largest absolute Gasteiger partial charge is 0.224 e. The predicted octanol–water partition coefficient (Wildman–Crippen LogP) is 3.51. The molecule has 18 heavy (non-hydrogen) atoms. The Morgan fingerprint density at radius 3 is 2.50 bits per heavy atom. The van der Waals surface area contributed by atoms with Crippen LogP contribution in [0.2, 0.25) is 0 Å². The van der Waals surface area contributed by atoms with E-state index in [1.807, 2.05) is 12.1 Å². The van der Waals surface area contributed by atoms with Gasteiger partial charge in [0.05, 0.1) is 10.6 Å². The Morgan fingerprint density at radius 1 is 1.06 bits per heavy atom. The molecule has 0 saturated heterocycles. The number of fused-ring (bicyclic) bond motifs is 1. The number of aryl methyl sites for hydroxylation is 2. The number of benzene rings is 1. The van der Waals surface area contributed by atoms with E-state index in [2.05, 4.69) is 15.9 Å². The second kappa shape index (κ2) is 6.20. The summed E-state index contributed by atoms with van der Waals surface area (Å²) >= 11 is 3.33. The van der Waals surface area contributed by atoms with Crippen LogP contribution in [0.3, 0.4) is 0 Å². The van der Waals surface area contributed by atoms with E-state index in [1.165, 1.54) is 24.0 Å². The van der Waals surface area contributed by atoms with Crippen LogP contribution in [0.25, 0.3) is 0 Å². The highest BCUT2D eigenvalue weighted by molar-refractivity contribution is 9.09. The highest BCUT2D eigenvalue weighted by Gasteiger charge is 2.17. The van der Waals surface area contributed by atoms with Gasteiger partial charge in [-0.25, -0.2) is 8.42 Å². The molecule has 0 bridgehead atoms. The fraction of sp³-hybridized carbons (Fsp3) is 0.571. The quantitative estimate of drug-likeness (QED) is 0.611. The van der Waals surface area contributed by atoms with Gasteiger partial charge < -0.3 is 0 Å². The Hall–Kier alpha value is -0.350. The Morgan fingerprint density at radius 2 is 1.78 bits per heavy atom. The number of hydrogen-bond donors (Lipinski definition) is 0. The van der Waals surface area contributed by atoms with E-state index >= 15 is 0 Å². The average Bonchev–Trinajstić information content (AvgIpc) is 2.38. The van der Waals surface area contributed by atoms with Gasteiger partial charge in [0.15, 0.2) is 9.84 Å². The van der Waals surface area contributed by atoms with E-state index in [1.54, 1.807) is 6.07 Å². The predicted molar refractivity (Wildman–Crippen MR) is 78.2 cm³/mol. The maximum atomic E-state index is 12.2. The molecule has 1 aromatic rings. The van der Waals surface area contributed by atoms with E-state index in [0.717, 1.165) is 31.0 Å². The van der Waals surface area contributed by atoms with Gasteiger partial charge in [-0.15, -0.1) is 0 Å². The molecule has 0 spiro atoms. The second-order valence-corrected chi connectivity index (χ2v) is 7.75. The molecule has 0 heterocycles. The number of unbranched alkanes of at least 4 members (excludes halogenated alkanes) is 1. The maximum Gasteiger partial charge on any atom is 0.178 e. The summed E-state index contributed by atoms with van der Waals surface area (Å²) < 4.78 is 24.4. The molecule has 1 aliphatic carbocycles. The van der Waals surface area contributed by atoms with Crippen molar-refractivity contribution in [2.24, 2.45) is 0 Å². The third-order valence-corrected chi connectivity index (χ3v) is 5.83. The maximum absolute atomic E-state index is 12.2. The lowest BCUT2D eigenvalue weighted by Gasteiger charge is -2.16. The molecule has 0 aromatic heterocycles. The number of sulfone groups is 1. The number of hydrogen-bond acceptors (Lipinski definition) is 2. The summed E-state index contributed by atoms with van der Waals surface area (Å²) in [4.78, 5) is 0.512. The highest BCUT2D eigenvalue weighted by atomic mass is 79.9. The molecule has 100 valence electrons. The highest BCUT2D eigenvalue weighted by Crippen LogP contribution is 2.24. The first-order valence-corrected chi connectivity index (χ1v) is 9.31. The van der Waals surface area contributed by atoms with E-state index < -0.39 is 9.84 Å². The molecule has 0 aliphatic heterocycles. The first-order valence-electron chi connectivity index (χ1n) is 6.54. The van der Waals surface area contributed by atoms with E-state index in [-0.39, 0.29) is 5.75 Å². The Kier molecular flexibility index (Phi) is 4.84. The van der Waals surface area contributed by atoms with Crippen molar-refractivity contribution in [3.63, 3.8) is 0 Å². The van der Waals surface area contributed by atoms with Crippen LogP contribution in [0.1, 0.15) is 36.8 Å². The Labute approximate surface area is 118 Å². The molecular formula is C14H19BrO2S. The van der Waals surface area contributed by atoms with Gasteiger partial charge in [0, 0.05) is 5.33 Å². The normalized spacial score (nSPS) is 15.4. The van der Waals surface area contributed by atoms with E-state index in [0.29, 0.717) is 4.90 Å². The van der Waals surface area contributed by atoms with Crippen molar-refractivity contribution in [3.8, 4) is 0 Å². The van der Waals surface area contributed by atoms with Crippen LogP contribution in [0.5, 0.6) is 0 Å². The van der Waals surface area contributed by atoms with Crippen molar-refractivity contribution in [1.29, 1.82) is 0 Å². The van der Waals surface area contributed by atoms with Gasteiger partial charge in [0.1, 0.15) is 0 Å². The third-order valence-electron chi connectivity index (χ3n) is 3.48. The van der Waals surface area contributed by atoms with Crippen LogP contribution in [0.4, 0.5) is 0 Å². The lowest BCUT2D eigenvalue weighted by molar-refractivity contribution is 0.592. The topological polar surface area (TPSA) is 34.1 Å². The lowest BCUT2D eigenvalue weighted by atomic mass is 9.92. The number of halogens is 1. The van der Waals surface area contributed by atoms with E-state index in [4.69, 9.17) is 0 Å². The van der Waals surface area contributed by atoms with E-state index in [9.17, 15) is 8.42 Å². The van der Waals surface area contributed by atoms with Crippen molar-refractivity contribution in [2.45, 2.75) is 43.4 Å². The lowest BCUT2D eigenvalue weighted by Crippen LogP contribution is -2.10. The first-order chi connectivity index (χ1) is 8.63. The zero-order valence-corrected chi connectivity index (χ0v) is 12.9. The monoisotopic (exact) mass is 330 g/mol. The Bertz CT molecular complexity index is 509. The zero-order valence-electron chi connectivity index (χ0n) is 10.5. The molecule has 2 nitrogen and oxygen atoms in total. The van der Waals surface area contributed by atoms with Crippen LogP contribution < -0.4 is 0 Å². The van der Waals surface area contributed by atoms with Gasteiger partial charge in [0.2, 0.25) is 0 Å². The molecule has 1 aromatic carbocycles. The minimum absolute atomic E-state index is 0.261. The zero-order chi connectivity index (χ0) is 13.0. The minimum Gasteiger partial charge on any atom is -0.224 e. The van der Waals surface area contributed by atoms with Crippen molar-refractivity contribution in [3.05, 3.63) is 29.3 Å². The van der Waals surface area contributed by atoms with Gasteiger partial charge in [-0.1, -0.05) is 22.0 Å². The molecular weight excluding hydrogens is 312 g/mol. The van der Waals surface area contributed by atoms with Crippen molar-refractivity contribution < 1.29 is 8.42 Å². The third kappa shape index (κ3) is 3.35. The van der Waals surface area contributed by atoms with Crippen molar-refractivity contribution in [1.82, 2.24) is 0 Å². The SMILES string of the molecule is O=S(=O)(CCCCBr)c1ccc2c(c1)CCCC2. The summed E-state index contributed by atoms with van der Waals surface area (Å²) in [6.07, 6.45) is 6.17. The minimum atomic E-state index is -3.09. The molecule has 4 heteroatoms. The van der Waals surface area contributed by atoms with Crippen LogP contribution in [-0.2, 0) is 22.7 Å². The molecule has 0 saturated carbocycles. The molecule has 0 atom stereocenters. The van der Waals surface area contributed by atoms with Gasteiger partial charge in [-0.05, 0) is 61.8 Å². The van der Waals surface area contributed by atoms with Gasteiger partial charge in [-0.2, -0.15) is 0 Å². The molecule has 0 N–H and O–H groups in total. The second-order valence-electron chi connectivity index (χ2n) is 4.85. The van der Waals surface area contributed by atoms with Crippen LogP contribution in [0.15, 0.2) is 23.1 Å². The first kappa shape index (κ1) is 14.1. The van der Waals surface area contributed by atoms with Crippen LogP contribution in [0, 0.1) is 0 Å². The number of alkyl halides is 1. The average molecular weight is 331 g/mol. The fourth-order valence-electron chi connectivity index (χ4n) is 2.41. The van der Waals surface area contributed by atoms with Gasteiger partial charge >= 0.3 is 0 Å². The summed E-state index contributed by atoms with van der Waals surface area (Å²) in [6, 6.07) is 5.69. The van der Waals surface area contributed by atoms with Gasteiger partial charge in [-0.3, -0.25) is 0 Å². The molecule has 0 fully saturated rings. The summed E-state index contributed by atoms with van der Waals surface area (Å²) in [5.74, 6) is 0.261. The molecule has 2 rings (SSSR count). The van der Waals surface area contributed by atoms with Crippen LogP contribution in [-0.4, -0.2) is 19.5 Å². The number of rotatable bonds is 5. The smallest absolute Gasteiger partial charge is 0.178 e. The van der Waals surface area contributed by atoms with Crippen molar-refractivity contribution >= 4 is 25.8 Å². The Balaban J connectivity index is 2.17. The van der Waals surface area contributed by atoms with Crippen molar-refractivity contribution in [2.75, 3.05) is 11.1 Å². The summed E-state index contributed by atoms with van der Waals surface area (Å²) in [7, 11) is -3.09. The molecule has 1 aliphatic rings. The van der Waals surface area contributed by atoms with Crippen LogP contribution >= 0.6 is 15.9 Å². The summed E-state index contributed by atoms with van der Waals surface area (Å²) in [6.45, 7) is 0. The molecule has 0 amide bonds. The molecule has 0 unspecified atom stereocenters. The standard InChI is InChI=1S/C14H19BrO2S/c15-9-3-4-10-18(16,17)14-8-7-12-5-1-2-6-13(12)11-14/h7-8,11H,1-6,9-10H2. The summed E-state index contributed by atoms with van der Waals surface area (Å²) in [5.41, 5.74) is 2.57. The molecule has 0 radical (unpaired) electrons.